The van der Waals surface area contributed by atoms with Crippen molar-refractivity contribution in [2.75, 3.05) is 6.61 Å². The molecule has 0 spiro atoms. The molecule has 3 aliphatic rings. The van der Waals surface area contributed by atoms with Gasteiger partial charge in [0.15, 0.2) is 0 Å². The molecule has 0 amide bonds. The van der Waals surface area contributed by atoms with E-state index in [0.717, 1.165) is 32.1 Å². The minimum atomic E-state index is -0.315. The van der Waals surface area contributed by atoms with E-state index in [4.69, 9.17) is 4.74 Å². The standard InChI is InChI=1S/C24H38O2/c1-6-7-15-26-22(25)24(5)14-8-13-23(4)20-11-9-18(17(2)3)16-19(20)10-12-21(23)24/h10,16-17,20-21H,6-9,11-15H2,1-5H3/t20-,21?,23-,24+/m1/s1. The van der Waals surface area contributed by atoms with Crippen LogP contribution in [0, 0.1) is 28.6 Å². The molecule has 26 heavy (non-hydrogen) atoms. The van der Waals surface area contributed by atoms with Gasteiger partial charge in [-0.05, 0) is 74.2 Å². The molecule has 0 aromatic rings. The van der Waals surface area contributed by atoms with Crippen molar-refractivity contribution in [2.45, 2.75) is 86.0 Å². The molecular formula is C24H38O2. The Kier molecular flexibility index (Phi) is 5.70. The van der Waals surface area contributed by atoms with E-state index in [1.807, 2.05) is 0 Å². The van der Waals surface area contributed by atoms with Crippen molar-refractivity contribution in [3.05, 3.63) is 23.3 Å². The molecule has 146 valence electrons. The predicted octanol–water partition coefficient (Wildman–Crippen LogP) is 6.46. The van der Waals surface area contributed by atoms with Gasteiger partial charge in [-0.25, -0.2) is 0 Å². The maximum Gasteiger partial charge on any atom is 0.312 e. The smallest absolute Gasteiger partial charge is 0.312 e. The topological polar surface area (TPSA) is 26.3 Å². The van der Waals surface area contributed by atoms with Crippen LogP contribution in [-0.2, 0) is 9.53 Å². The zero-order chi connectivity index (χ0) is 18.9. The Morgan fingerprint density at radius 3 is 2.77 bits per heavy atom. The van der Waals surface area contributed by atoms with Crippen molar-refractivity contribution in [3.63, 3.8) is 0 Å². The first-order chi connectivity index (χ1) is 12.3. The third-order valence-electron chi connectivity index (χ3n) is 7.78. The van der Waals surface area contributed by atoms with Crippen LogP contribution in [0.2, 0.25) is 0 Å². The van der Waals surface area contributed by atoms with Gasteiger partial charge in [0.2, 0.25) is 0 Å². The molecule has 2 nitrogen and oxygen atoms in total. The lowest BCUT2D eigenvalue weighted by atomic mass is 9.47. The van der Waals surface area contributed by atoms with Gasteiger partial charge in [0.1, 0.15) is 0 Å². The van der Waals surface area contributed by atoms with Gasteiger partial charge in [-0.15, -0.1) is 0 Å². The van der Waals surface area contributed by atoms with E-state index in [1.54, 1.807) is 11.1 Å². The molecule has 1 saturated carbocycles. The molecule has 1 unspecified atom stereocenters. The average Bonchev–Trinajstić information content (AvgIpc) is 2.61. The van der Waals surface area contributed by atoms with E-state index in [2.05, 4.69) is 46.8 Å². The zero-order valence-corrected chi connectivity index (χ0v) is 17.6. The van der Waals surface area contributed by atoms with Crippen LogP contribution in [0.15, 0.2) is 23.3 Å². The van der Waals surface area contributed by atoms with Crippen molar-refractivity contribution >= 4 is 5.97 Å². The van der Waals surface area contributed by atoms with Crippen LogP contribution in [0.1, 0.15) is 86.0 Å². The molecule has 0 heterocycles. The van der Waals surface area contributed by atoms with Crippen LogP contribution < -0.4 is 0 Å². The van der Waals surface area contributed by atoms with Crippen molar-refractivity contribution in [3.8, 4) is 0 Å². The fraction of sp³-hybridized carbons (Fsp3) is 0.792. The summed E-state index contributed by atoms with van der Waals surface area (Å²) < 4.78 is 5.73. The summed E-state index contributed by atoms with van der Waals surface area (Å²) in [5, 5.41) is 0. The molecule has 3 aliphatic carbocycles. The Balaban J connectivity index is 1.87. The minimum absolute atomic E-state index is 0.0629. The number of carbonyl (C=O) groups excluding carboxylic acids is 1. The van der Waals surface area contributed by atoms with Gasteiger partial charge in [-0.1, -0.05) is 58.3 Å². The van der Waals surface area contributed by atoms with Crippen molar-refractivity contribution in [1.29, 1.82) is 0 Å². The first kappa shape index (κ1) is 19.7. The number of allylic oxidation sites excluding steroid dienone is 4. The van der Waals surface area contributed by atoms with Gasteiger partial charge in [-0.2, -0.15) is 0 Å². The lowest BCUT2D eigenvalue weighted by Gasteiger charge is -2.57. The Labute approximate surface area is 160 Å². The van der Waals surface area contributed by atoms with Crippen LogP contribution in [0.3, 0.4) is 0 Å². The number of ether oxygens (including phenoxy) is 1. The van der Waals surface area contributed by atoms with Crippen LogP contribution in [-0.4, -0.2) is 12.6 Å². The largest absolute Gasteiger partial charge is 0.465 e. The molecule has 0 N–H and O–H groups in total. The third-order valence-corrected chi connectivity index (χ3v) is 7.78. The number of hydrogen-bond acceptors (Lipinski definition) is 2. The molecule has 0 aromatic carbocycles. The summed E-state index contributed by atoms with van der Waals surface area (Å²) in [5.74, 6) is 1.74. The fourth-order valence-electron chi connectivity index (χ4n) is 6.06. The van der Waals surface area contributed by atoms with Crippen molar-refractivity contribution in [2.24, 2.45) is 28.6 Å². The number of fused-ring (bicyclic) bond motifs is 3. The van der Waals surface area contributed by atoms with E-state index in [1.165, 1.54) is 19.3 Å². The highest BCUT2D eigenvalue weighted by molar-refractivity contribution is 5.77. The van der Waals surface area contributed by atoms with Gasteiger partial charge in [0, 0.05) is 0 Å². The first-order valence-electron chi connectivity index (χ1n) is 10.9. The van der Waals surface area contributed by atoms with E-state index in [9.17, 15) is 4.79 Å². The molecule has 0 saturated heterocycles. The van der Waals surface area contributed by atoms with Crippen molar-refractivity contribution < 1.29 is 9.53 Å². The Hall–Kier alpha value is -1.05. The summed E-state index contributed by atoms with van der Waals surface area (Å²) in [7, 11) is 0. The van der Waals surface area contributed by atoms with Gasteiger partial charge < -0.3 is 4.74 Å². The number of hydrogen-bond donors (Lipinski definition) is 0. The monoisotopic (exact) mass is 358 g/mol. The van der Waals surface area contributed by atoms with Crippen molar-refractivity contribution in [1.82, 2.24) is 0 Å². The maximum atomic E-state index is 13.0. The quantitative estimate of drug-likeness (QED) is 0.416. The number of esters is 1. The SMILES string of the molecule is CCCCOC(=O)[C@@]1(C)CCC[C@@]2(C)C1CC=C1C=C(C(C)C)CC[C@H]12. The molecule has 3 rings (SSSR count). The molecular weight excluding hydrogens is 320 g/mol. The molecule has 4 atom stereocenters. The molecule has 0 radical (unpaired) electrons. The van der Waals surface area contributed by atoms with E-state index >= 15 is 0 Å². The Morgan fingerprint density at radius 1 is 1.31 bits per heavy atom. The summed E-state index contributed by atoms with van der Waals surface area (Å²) in [4.78, 5) is 13.0. The van der Waals surface area contributed by atoms with Gasteiger partial charge in [0.05, 0.1) is 12.0 Å². The van der Waals surface area contributed by atoms with E-state index in [0.29, 0.717) is 24.4 Å². The summed E-state index contributed by atoms with van der Waals surface area (Å²) in [5.41, 5.74) is 3.08. The van der Waals surface area contributed by atoms with Crippen LogP contribution in [0.5, 0.6) is 0 Å². The second-order valence-corrected chi connectivity index (χ2v) is 9.72. The average molecular weight is 359 g/mol. The molecule has 0 aliphatic heterocycles. The molecule has 0 bridgehead atoms. The lowest BCUT2D eigenvalue weighted by molar-refractivity contribution is -0.169. The van der Waals surface area contributed by atoms with Gasteiger partial charge in [-0.3, -0.25) is 4.79 Å². The summed E-state index contributed by atoms with van der Waals surface area (Å²) in [6.07, 6.45) is 13.9. The summed E-state index contributed by atoms with van der Waals surface area (Å²) in [6, 6.07) is 0. The maximum absolute atomic E-state index is 13.0. The molecule has 1 fully saturated rings. The Morgan fingerprint density at radius 2 is 2.08 bits per heavy atom. The third kappa shape index (κ3) is 3.29. The molecule has 2 heteroatoms. The molecule has 0 aromatic heterocycles. The zero-order valence-electron chi connectivity index (χ0n) is 17.6. The van der Waals surface area contributed by atoms with E-state index < -0.39 is 0 Å². The lowest BCUT2D eigenvalue weighted by Crippen LogP contribution is -2.53. The number of rotatable bonds is 5. The van der Waals surface area contributed by atoms with Gasteiger partial charge >= 0.3 is 5.97 Å². The number of unbranched alkanes of at least 4 members (excludes halogenated alkanes) is 1. The minimum Gasteiger partial charge on any atom is -0.465 e. The summed E-state index contributed by atoms with van der Waals surface area (Å²) in [6.45, 7) is 12.0. The van der Waals surface area contributed by atoms with Crippen LogP contribution in [0.4, 0.5) is 0 Å². The first-order valence-corrected chi connectivity index (χ1v) is 10.9. The van der Waals surface area contributed by atoms with Crippen LogP contribution >= 0.6 is 0 Å². The van der Waals surface area contributed by atoms with E-state index in [-0.39, 0.29) is 16.8 Å². The normalized spacial score (nSPS) is 36.7. The number of carbonyl (C=O) groups is 1. The fourth-order valence-corrected chi connectivity index (χ4v) is 6.06. The highest BCUT2D eigenvalue weighted by Crippen LogP contribution is 2.62. The second-order valence-electron chi connectivity index (χ2n) is 9.72. The second kappa shape index (κ2) is 7.52. The predicted molar refractivity (Wildman–Crippen MR) is 108 cm³/mol. The van der Waals surface area contributed by atoms with Crippen LogP contribution in [0.25, 0.3) is 0 Å². The van der Waals surface area contributed by atoms with Gasteiger partial charge in [0.25, 0.3) is 0 Å². The summed E-state index contributed by atoms with van der Waals surface area (Å²) >= 11 is 0. The Bertz CT molecular complexity index is 599. The highest BCUT2D eigenvalue weighted by atomic mass is 16.5. The highest BCUT2D eigenvalue weighted by Gasteiger charge is 2.57.